The number of Topliss-reactive ketones (excluding diaryl/α,β-unsaturated/α-hetero) is 1. The van der Waals surface area contributed by atoms with Crippen LogP contribution in [0.5, 0.6) is 0 Å². The Balaban J connectivity index is 1.79. The molecule has 2 N–H and O–H groups in total. The molecule has 0 spiro atoms. The van der Waals surface area contributed by atoms with Gasteiger partial charge in [0, 0.05) is 35.4 Å². The molecular formula is C22H17ClFN3O3. The lowest BCUT2D eigenvalue weighted by atomic mass is 9.95. The highest BCUT2D eigenvalue weighted by molar-refractivity contribution is 6.46. The number of carbonyl (C=O) groups is 2. The molecule has 0 radical (unpaired) electrons. The fourth-order valence-electron chi connectivity index (χ4n) is 3.53. The van der Waals surface area contributed by atoms with Gasteiger partial charge in [0.25, 0.3) is 11.7 Å². The van der Waals surface area contributed by atoms with Crippen LogP contribution in [0.1, 0.15) is 22.9 Å². The molecule has 1 aliphatic heterocycles. The lowest BCUT2D eigenvalue weighted by Gasteiger charge is -2.25. The van der Waals surface area contributed by atoms with E-state index in [9.17, 15) is 19.1 Å². The van der Waals surface area contributed by atoms with Gasteiger partial charge in [-0.05, 0) is 42.0 Å². The van der Waals surface area contributed by atoms with E-state index >= 15 is 0 Å². The summed E-state index contributed by atoms with van der Waals surface area (Å²) in [6.07, 6.45) is 3.63. The van der Waals surface area contributed by atoms with E-state index in [2.05, 4.69) is 9.97 Å². The second-order valence-corrected chi connectivity index (χ2v) is 7.31. The number of benzene rings is 2. The molecule has 1 atom stereocenters. The number of aromatic amines is 1. The Hall–Kier alpha value is -3.45. The third kappa shape index (κ3) is 3.71. The van der Waals surface area contributed by atoms with Crippen molar-refractivity contribution < 1.29 is 19.1 Å². The predicted octanol–water partition coefficient (Wildman–Crippen LogP) is 3.87. The number of aliphatic hydroxyl groups excluding tert-OH is 1. The first-order valence-electron chi connectivity index (χ1n) is 9.23. The van der Waals surface area contributed by atoms with Crippen LogP contribution < -0.4 is 0 Å². The number of imidazole rings is 1. The summed E-state index contributed by atoms with van der Waals surface area (Å²) in [6, 6.07) is 11.0. The van der Waals surface area contributed by atoms with Gasteiger partial charge in [0.05, 0.1) is 17.9 Å². The first kappa shape index (κ1) is 19.8. The molecule has 6 nitrogen and oxygen atoms in total. The summed E-state index contributed by atoms with van der Waals surface area (Å²) in [5, 5.41) is 11.4. The molecule has 4 rings (SSSR count). The summed E-state index contributed by atoms with van der Waals surface area (Å²) < 4.78 is 13.3. The monoisotopic (exact) mass is 425 g/mol. The summed E-state index contributed by atoms with van der Waals surface area (Å²) in [5.74, 6) is -2.32. The van der Waals surface area contributed by atoms with Crippen molar-refractivity contribution in [2.75, 3.05) is 6.54 Å². The molecule has 3 aromatic rings. The van der Waals surface area contributed by atoms with Gasteiger partial charge >= 0.3 is 0 Å². The van der Waals surface area contributed by atoms with Crippen molar-refractivity contribution in [1.82, 2.24) is 14.9 Å². The van der Waals surface area contributed by atoms with Crippen LogP contribution in [0.25, 0.3) is 5.76 Å². The molecule has 1 fully saturated rings. The van der Waals surface area contributed by atoms with Crippen molar-refractivity contribution in [3.05, 3.63) is 94.3 Å². The number of aromatic nitrogens is 2. The van der Waals surface area contributed by atoms with Crippen LogP contribution in [0.2, 0.25) is 5.02 Å². The predicted molar refractivity (Wildman–Crippen MR) is 109 cm³/mol. The maximum atomic E-state index is 13.3. The molecule has 2 aromatic carbocycles. The Labute approximate surface area is 176 Å². The van der Waals surface area contributed by atoms with E-state index in [1.165, 1.54) is 35.5 Å². The minimum atomic E-state index is -0.796. The van der Waals surface area contributed by atoms with Crippen molar-refractivity contribution in [2.45, 2.75) is 12.5 Å². The first-order valence-corrected chi connectivity index (χ1v) is 9.60. The van der Waals surface area contributed by atoms with Crippen molar-refractivity contribution in [1.29, 1.82) is 0 Å². The lowest BCUT2D eigenvalue weighted by Crippen LogP contribution is -2.31. The van der Waals surface area contributed by atoms with E-state index in [0.717, 1.165) is 5.69 Å². The highest BCUT2D eigenvalue weighted by Gasteiger charge is 2.45. The molecule has 0 aliphatic carbocycles. The quantitative estimate of drug-likeness (QED) is 0.369. The standard InChI is InChI=1S/C22H17ClFN3O3/c23-15-5-1-13(2-6-15)19-18(20(28)14-3-7-16(24)8-4-14)21(29)22(30)27(19)10-9-17-11-25-12-26-17/h1-8,11-12,19,28H,9-10H2,(H,25,26)/b20-18-. The van der Waals surface area contributed by atoms with Gasteiger partial charge in [-0.25, -0.2) is 9.37 Å². The largest absolute Gasteiger partial charge is 0.507 e. The van der Waals surface area contributed by atoms with Crippen LogP contribution in [-0.4, -0.2) is 38.2 Å². The van der Waals surface area contributed by atoms with Gasteiger partial charge in [-0.15, -0.1) is 0 Å². The molecular weight excluding hydrogens is 409 g/mol. The number of nitrogens with one attached hydrogen (secondary N) is 1. The molecule has 1 unspecified atom stereocenters. The SMILES string of the molecule is O=C1C(=O)N(CCc2cnc[nH]2)C(c2ccc(Cl)cc2)/C1=C(/O)c1ccc(F)cc1. The molecule has 0 saturated carbocycles. The molecule has 152 valence electrons. The summed E-state index contributed by atoms with van der Waals surface area (Å²) in [5.41, 5.74) is 1.65. The number of nitrogens with zero attached hydrogens (tertiary/aromatic N) is 2. The van der Waals surface area contributed by atoms with Crippen molar-refractivity contribution in [3.63, 3.8) is 0 Å². The number of ketones is 1. The minimum Gasteiger partial charge on any atom is -0.507 e. The number of H-pyrrole nitrogens is 1. The number of hydrogen-bond acceptors (Lipinski definition) is 4. The van der Waals surface area contributed by atoms with E-state index in [1.54, 1.807) is 30.5 Å². The van der Waals surface area contributed by atoms with Crippen molar-refractivity contribution >= 4 is 29.1 Å². The summed E-state index contributed by atoms with van der Waals surface area (Å²) in [6.45, 7) is 0.236. The van der Waals surface area contributed by atoms with E-state index in [0.29, 0.717) is 17.0 Å². The zero-order valence-electron chi connectivity index (χ0n) is 15.7. The molecule has 2 heterocycles. The van der Waals surface area contributed by atoms with Crippen LogP contribution in [0.4, 0.5) is 4.39 Å². The van der Waals surface area contributed by atoms with E-state index in [4.69, 9.17) is 11.6 Å². The van der Waals surface area contributed by atoms with Crippen LogP contribution >= 0.6 is 11.6 Å². The van der Waals surface area contributed by atoms with Crippen LogP contribution in [0, 0.1) is 5.82 Å². The van der Waals surface area contributed by atoms with E-state index in [-0.39, 0.29) is 23.4 Å². The Morgan fingerprint density at radius 1 is 1.13 bits per heavy atom. The summed E-state index contributed by atoms with van der Waals surface area (Å²) in [4.78, 5) is 34.1. The average molecular weight is 426 g/mol. The van der Waals surface area contributed by atoms with Crippen LogP contribution in [-0.2, 0) is 16.0 Å². The fraction of sp³-hybridized carbons (Fsp3) is 0.136. The normalized spacial score (nSPS) is 18.2. The average Bonchev–Trinajstić information content (AvgIpc) is 3.34. The zero-order chi connectivity index (χ0) is 21.3. The van der Waals surface area contributed by atoms with Crippen molar-refractivity contribution in [3.8, 4) is 0 Å². The van der Waals surface area contributed by atoms with Crippen LogP contribution in [0.15, 0.2) is 66.6 Å². The first-order chi connectivity index (χ1) is 14.5. The van der Waals surface area contributed by atoms with Crippen LogP contribution in [0.3, 0.4) is 0 Å². The third-order valence-corrected chi connectivity index (χ3v) is 5.27. The molecule has 30 heavy (non-hydrogen) atoms. The number of amides is 1. The third-order valence-electron chi connectivity index (χ3n) is 5.02. The maximum absolute atomic E-state index is 13.3. The Morgan fingerprint density at radius 3 is 2.47 bits per heavy atom. The molecule has 1 saturated heterocycles. The Morgan fingerprint density at radius 2 is 1.83 bits per heavy atom. The number of rotatable bonds is 5. The number of aliphatic hydroxyl groups is 1. The van der Waals surface area contributed by atoms with Gasteiger partial charge in [-0.3, -0.25) is 9.59 Å². The highest BCUT2D eigenvalue weighted by atomic mass is 35.5. The van der Waals surface area contributed by atoms with Gasteiger partial charge in [0.1, 0.15) is 11.6 Å². The molecule has 1 amide bonds. The second kappa shape index (κ2) is 8.12. The van der Waals surface area contributed by atoms with Crippen molar-refractivity contribution in [2.24, 2.45) is 0 Å². The smallest absolute Gasteiger partial charge is 0.295 e. The summed E-state index contributed by atoms with van der Waals surface area (Å²) >= 11 is 5.99. The molecule has 0 bridgehead atoms. The Bertz CT molecular complexity index is 1110. The minimum absolute atomic E-state index is 0.0430. The Kier molecular flexibility index (Phi) is 5.37. The van der Waals surface area contributed by atoms with Gasteiger partial charge in [-0.2, -0.15) is 0 Å². The van der Waals surface area contributed by atoms with E-state index in [1.807, 2.05) is 0 Å². The van der Waals surface area contributed by atoms with Gasteiger partial charge in [-0.1, -0.05) is 23.7 Å². The van der Waals surface area contributed by atoms with Gasteiger partial charge in [0.15, 0.2) is 0 Å². The topological polar surface area (TPSA) is 86.3 Å². The van der Waals surface area contributed by atoms with Gasteiger partial charge < -0.3 is 15.0 Å². The highest BCUT2D eigenvalue weighted by Crippen LogP contribution is 2.39. The lowest BCUT2D eigenvalue weighted by molar-refractivity contribution is -0.139. The molecule has 1 aromatic heterocycles. The molecule has 8 heteroatoms. The number of hydrogen-bond donors (Lipinski definition) is 2. The number of carbonyl (C=O) groups excluding carboxylic acids is 2. The number of halogens is 2. The maximum Gasteiger partial charge on any atom is 0.295 e. The molecule has 1 aliphatic rings. The van der Waals surface area contributed by atoms with Gasteiger partial charge in [0.2, 0.25) is 0 Å². The fourth-order valence-corrected chi connectivity index (χ4v) is 3.65. The summed E-state index contributed by atoms with van der Waals surface area (Å²) in [7, 11) is 0. The number of likely N-dealkylation sites (tertiary alicyclic amines) is 1. The van der Waals surface area contributed by atoms with E-state index < -0.39 is 23.5 Å². The second-order valence-electron chi connectivity index (χ2n) is 6.88. The zero-order valence-corrected chi connectivity index (χ0v) is 16.4.